The minimum Gasteiger partial charge on any atom is -0.369 e. The summed E-state index contributed by atoms with van der Waals surface area (Å²) in [5, 5.41) is -12.5. The molecule has 1 aliphatic rings. The minimum absolute atomic E-state index is 0.00784. The molecular weight excluding hydrogens is 426 g/mol. The van der Waals surface area contributed by atoms with Crippen LogP contribution in [0.5, 0.6) is 0 Å². The molecule has 0 aliphatic carbocycles. The molecule has 27 heavy (non-hydrogen) atoms. The molecule has 1 aliphatic heterocycles. The first kappa shape index (κ1) is 21.9. The van der Waals surface area contributed by atoms with Crippen LogP contribution in [-0.4, -0.2) is 64.1 Å². The highest BCUT2D eigenvalue weighted by atomic mass is 32.2. The van der Waals surface area contributed by atoms with Crippen LogP contribution in [0.15, 0.2) is 30.3 Å². The van der Waals surface area contributed by atoms with Gasteiger partial charge in [0.1, 0.15) is 0 Å². The molecule has 0 bridgehead atoms. The Morgan fingerprint density at radius 3 is 1.85 bits per heavy atom. The van der Waals surface area contributed by atoms with Gasteiger partial charge in [0.15, 0.2) is 11.0 Å². The van der Waals surface area contributed by atoms with Crippen LogP contribution in [0.2, 0.25) is 0 Å². The van der Waals surface area contributed by atoms with Gasteiger partial charge in [0, 0.05) is 31.9 Å². The summed E-state index contributed by atoms with van der Waals surface area (Å²) in [7, 11) is -10.8. The van der Waals surface area contributed by atoms with Crippen molar-refractivity contribution < 1.29 is 43.5 Å². The summed E-state index contributed by atoms with van der Waals surface area (Å²) in [5.74, 6) is -6.60. The second kappa shape index (κ2) is 7.22. The zero-order valence-corrected chi connectivity index (χ0v) is 15.0. The second-order valence-corrected chi connectivity index (χ2v) is 8.57. The lowest BCUT2D eigenvalue weighted by Crippen LogP contribution is -2.62. The number of benzene rings is 1. The van der Waals surface area contributed by atoms with Crippen molar-refractivity contribution in [3.63, 3.8) is 0 Å². The molecule has 0 spiro atoms. The Balaban J connectivity index is 2.17. The quantitative estimate of drug-likeness (QED) is 0.542. The van der Waals surface area contributed by atoms with Gasteiger partial charge in [0.05, 0.1) is 0 Å². The molecule has 0 radical (unpaired) electrons. The van der Waals surface area contributed by atoms with E-state index in [9.17, 15) is 39.0 Å². The van der Waals surface area contributed by atoms with Crippen molar-refractivity contribution in [1.29, 1.82) is 0 Å². The third-order valence-corrected chi connectivity index (χ3v) is 6.30. The lowest BCUT2D eigenvalue weighted by Gasteiger charge is -2.38. The number of hydrogen-bond donors (Lipinski definition) is 1. The molecule has 1 unspecified atom stereocenters. The van der Waals surface area contributed by atoms with Crippen LogP contribution in [0.25, 0.3) is 0 Å². The SMILES string of the molecule is O=S(N1CCN(c2ccccc2)CC1)C(F)(F)C(F)(F)C(F)(F)S(=O)(=O)O. The number of piperazine rings is 1. The topological polar surface area (TPSA) is 77.9 Å². The van der Waals surface area contributed by atoms with Gasteiger partial charge < -0.3 is 4.90 Å². The second-order valence-electron chi connectivity index (χ2n) is 5.58. The van der Waals surface area contributed by atoms with Gasteiger partial charge in [0.25, 0.3) is 0 Å². The van der Waals surface area contributed by atoms with E-state index in [1.807, 2.05) is 0 Å². The van der Waals surface area contributed by atoms with Crippen LogP contribution in [0.3, 0.4) is 0 Å². The van der Waals surface area contributed by atoms with Crippen LogP contribution in [0, 0.1) is 0 Å². The monoisotopic (exact) mass is 440 g/mol. The number of halogens is 6. The largest absolute Gasteiger partial charge is 0.439 e. The molecule has 1 saturated heterocycles. The van der Waals surface area contributed by atoms with E-state index in [4.69, 9.17) is 4.55 Å². The highest BCUT2D eigenvalue weighted by Crippen LogP contribution is 2.50. The highest BCUT2D eigenvalue weighted by molar-refractivity contribution is 7.87. The molecule has 1 aromatic rings. The molecule has 6 nitrogen and oxygen atoms in total. The predicted octanol–water partition coefficient (Wildman–Crippen LogP) is 2.18. The van der Waals surface area contributed by atoms with Crippen molar-refractivity contribution in [2.45, 2.75) is 16.4 Å². The Bertz CT molecular complexity index is 798. The molecule has 2 rings (SSSR count). The third kappa shape index (κ3) is 3.79. The Morgan fingerprint density at radius 1 is 0.926 bits per heavy atom. The molecule has 1 aromatic carbocycles. The molecule has 0 aromatic heterocycles. The van der Waals surface area contributed by atoms with Crippen LogP contribution < -0.4 is 4.90 Å². The van der Waals surface area contributed by atoms with E-state index in [0.29, 0.717) is 9.99 Å². The van der Waals surface area contributed by atoms with Crippen LogP contribution in [0.4, 0.5) is 32.0 Å². The summed E-state index contributed by atoms with van der Waals surface area (Å²) in [6.07, 6.45) is 0. The molecule has 1 fully saturated rings. The van der Waals surface area contributed by atoms with Crippen LogP contribution in [0.1, 0.15) is 0 Å². The van der Waals surface area contributed by atoms with Crippen molar-refractivity contribution in [2.24, 2.45) is 0 Å². The Labute approximate surface area is 153 Å². The molecule has 14 heteroatoms. The summed E-state index contributed by atoms with van der Waals surface area (Å²) >= 11 is 0. The maximum absolute atomic E-state index is 13.9. The Morgan fingerprint density at radius 2 is 1.41 bits per heavy atom. The van der Waals surface area contributed by atoms with Gasteiger partial charge in [0.2, 0.25) is 0 Å². The molecule has 1 heterocycles. The zero-order chi connectivity index (χ0) is 20.7. The predicted molar refractivity (Wildman–Crippen MR) is 84.8 cm³/mol. The van der Waals surface area contributed by atoms with Crippen molar-refractivity contribution in [1.82, 2.24) is 4.31 Å². The van der Waals surface area contributed by atoms with Gasteiger partial charge in [-0.05, 0) is 12.1 Å². The molecule has 1 N–H and O–H groups in total. The molecule has 0 amide bonds. The van der Waals surface area contributed by atoms with Crippen molar-refractivity contribution in [3.8, 4) is 0 Å². The highest BCUT2D eigenvalue weighted by Gasteiger charge is 2.80. The van der Waals surface area contributed by atoms with Crippen LogP contribution in [-0.2, 0) is 21.1 Å². The first-order valence-corrected chi connectivity index (χ1v) is 9.85. The fourth-order valence-electron chi connectivity index (χ4n) is 2.35. The number of anilines is 1. The first-order chi connectivity index (χ1) is 12.2. The van der Waals surface area contributed by atoms with E-state index in [-0.39, 0.29) is 13.1 Å². The minimum atomic E-state index is -6.88. The van der Waals surface area contributed by atoms with Crippen LogP contribution >= 0.6 is 0 Å². The summed E-state index contributed by atoms with van der Waals surface area (Å²) in [6, 6.07) is 8.52. The average molecular weight is 440 g/mol. The van der Waals surface area contributed by atoms with Crippen molar-refractivity contribution in [3.05, 3.63) is 30.3 Å². The number of para-hydroxylation sites is 1. The fourth-order valence-corrected chi connectivity index (χ4v) is 4.04. The molecular formula is C13H14F6N2O4S2. The lowest BCUT2D eigenvalue weighted by molar-refractivity contribution is -0.245. The smallest absolute Gasteiger partial charge is 0.369 e. The molecule has 1 atom stereocenters. The van der Waals surface area contributed by atoms with Gasteiger partial charge in [-0.15, -0.1) is 0 Å². The maximum Gasteiger partial charge on any atom is 0.439 e. The molecule has 0 saturated carbocycles. The summed E-state index contributed by atoms with van der Waals surface area (Å²) in [6.45, 7) is -0.868. The summed E-state index contributed by atoms with van der Waals surface area (Å²) < 4.78 is 122. The number of hydrogen-bond acceptors (Lipinski definition) is 4. The van der Waals surface area contributed by atoms with Gasteiger partial charge in [-0.3, -0.25) is 4.55 Å². The van der Waals surface area contributed by atoms with E-state index < -0.39 is 50.6 Å². The fraction of sp³-hybridized carbons (Fsp3) is 0.538. The standard InChI is InChI=1S/C13H14F6N2O4S2/c14-11(15,13(18,19)27(23,24)25)12(16,17)26(22)21-8-6-20(7-9-21)10-4-2-1-3-5-10/h1-5H,6-9H2,(H,23,24,25). The zero-order valence-electron chi connectivity index (χ0n) is 13.4. The number of alkyl halides is 6. The summed E-state index contributed by atoms with van der Waals surface area (Å²) in [5.41, 5.74) is 0.693. The van der Waals surface area contributed by atoms with Crippen molar-refractivity contribution >= 4 is 26.8 Å². The van der Waals surface area contributed by atoms with E-state index in [1.54, 1.807) is 35.2 Å². The van der Waals surface area contributed by atoms with Gasteiger partial charge in [-0.1, -0.05) is 18.2 Å². The Kier molecular flexibility index (Phi) is 5.86. The van der Waals surface area contributed by atoms with E-state index in [2.05, 4.69) is 0 Å². The van der Waals surface area contributed by atoms with E-state index >= 15 is 0 Å². The van der Waals surface area contributed by atoms with Crippen molar-refractivity contribution in [2.75, 3.05) is 31.1 Å². The molecule has 154 valence electrons. The first-order valence-electron chi connectivity index (χ1n) is 7.31. The Hall–Kier alpha value is -1.38. The lowest BCUT2D eigenvalue weighted by atomic mass is 10.2. The van der Waals surface area contributed by atoms with Gasteiger partial charge in [-0.2, -0.15) is 34.8 Å². The van der Waals surface area contributed by atoms with E-state index in [0.717, 1.165) is 0 Å². The van der Waals surface area contributed by atoms with Gasteiger partial charge >= 0.3 is 26.5 Å². The summed E-state index contributed by atoms with van der Waals surface area (Å²) in [4.78, 5) is 1.68. The number of nitrogens with zero attached hydrogens (tertiary/aromatic N) is 2. The maximum atomic E-state index is 13.9. The average Bonchev–Trinajstić information content (AvgIpc) is 2.60. The van der Waals surface area contributed by atoms with E-state index in [1.165, 1.54) is 0 Å². The number of rotatable bonds is 6. The third-order valence-electron chi connectivity index (χ3n) is 3.87. The van der Waals surface area contributed by atoms with Gasteiger partial charge in [-0.25, -0.2) is 8.51 Å². The normalized spacial score (nSPS) is 19.1.